The molecule has 1 aliphatic heterocycles. The molecule has 1 aliphatic rings. The summed E-state index contributed by atoms with van der Waals surface area (Å²) in [6, 6.07) is 3.74. The summed E-state index contributed by atoms with van der Waals surface area (Å²) >= 11 is 0. The van der Waals surface area contributed by atoms with Crippen molar-refractivity contribution in [2.45, 2.75) is 19.3 Å². The van der Waals surface area contributed by atoms with Crippen molar-refractivity contribution < 1.29 is 4.79 Å². The number of hydrogen-bond acceptors (Lipinski definition) is 3. The third-order valence-electron chi connectivity index (χ3n) is 2.54. The van der Waals surface area contributed by atoms with Gasteiger partial charge in [-0.25, -0.2) is 0 Å². The summed E-state index contributed by atoms with van der Waals surface area (Å²) in [6.45, 7) is 2.57. The van der Waals surface area contributed by atoms with Gasteiger partial charge < -0.3 is 11.1 Å². The lowest BCUT2D eigenvalue weighted by Gasteiger charge is -2.08. The molecule has 1 saturated heterocycles. The average molecular weight is 191 g/mol. The molecule has 74 valence electrons. The molecule has 4 heteroatoms. The maximum Gasteiger partial charge on any atom is 0.220 e. The Kier molecular flexibility index (Phi) is 2.11. The van der Waals surface area contributed by atoms with Crippen LogP contribution in [0, 0.1) is 6.92 Å². The molecule has 0 unspecified atom stereocenters. The van der Waals surface area contributed by atoms with E-state index in [0.717, 1.165) is 11.4 Å². The van der Waals surface area contributed by atoms with Gasteiger partial charge in [0, 0.05) is 24.6 Å². The normalized spacial score (nSPS) is 20.9. The van der Waals surface area contributed by atoms with Crippen LogP contribution < -0.4 is 11.1 Å². The number of rotatable bonds is 1. The van der Waals surface area contributed by atoms with E-state index in [2.05, 4.69) is 10.3 Å². The lowest BCUT2D eigenvalue weighted by atomic mass is 10.0. The number of pyridine rings is 1. The van der Waals surface area contributed by atoms with Gasteiger partial charge in [-0.05, 0) is 19.1 Å². The fourth-order valence-electron chi connectivity index (χ4n) is 1.63. The van der Waals surface area contributed by atoms with Crippen molar-refractivity contribution in [3.63, 3.8) is 0 Å². The monoisotopic (exact) mass is 191 g/mol. The Morgan fingerprint density at radius 2 is 2.36 bits per heavy atom. The van der Waals surface area contributed by atoms with Crippen LogP contribution in [0.25, 0.3) is 0 Å². The van der Waals surface area contributed by atoms with Crippen LogP contribution in [0.4, 0.5) is 5.69 Å². The van der Waals surface area contributed by atoms with Crippen LogP contribution in [-0.2, 0) is 4.79 Å². The fraction of sp³-hybridized carbons (Fsp3) is 0.400. The highest BCUT2D eigenvalue weighted by molar-refractivity contribution is 5.79. The van der Waals surface area contributed by atoms with Gasteiger partial charge in [0.05, 0.1) is 11.4 Å². The molecule has 14 heavy (non-hydrogen) atoms. The van der Waals surface area contributed by atoms with Crippen molar-refractivity contribution in [2.75, 3.05) is 12.3 Å². The average Bonchev–Trinajstić information content (AvgIpc) is 2.57. The highest BCUT2D eigenvalue weighted by Crippen LogP contribution is 2.22. The maximum atomic E-state index is 11.0. The van der Waals surface area contributed by atoms with Crippen LogP contribution in [0.1, 0.15) is 23.7 Å². The second-order valence-corrected chi connectivity index (χ2v) is 3.62. The van der Waals surface area contributed by atoms with Crippen molar-refractivity contribution in [2.24, 2.45) is 0 Å². The minimum atomic E-state index is 0.103. The highest BCUT2D eigenvalue weighted by Gasteiger charge is 2.24. The number of nitrogens with zero attached hydrogens (tertiary/aromatic N) is 1. The topological polar surface area (TPSA) is 68.0 Å². The molecule has 0 bridgehead atoms. The van der Waals surface area contributed by atoms with E-state index >= 15 is 0 Å². The Hall–Kier alpha value is -1.58. The van der Waals surface area contributed by atoms with E-state index in [1.165, 1.54) is 0 Å². The van der Waals surface area contributed by atoms with E-state index < -0.39 is 0 Å². The summed E-state index contributed by atoms with van der Waals surface area (Å²) in [5, 5.41) is 2.79. The van der Waals surface area contributed by atoms with Gasteiger partial charge in [0.1, 0.15) is 0 Å². The number of hydrogen-bond donors (Lipinski definition) is 2. The predicted molar refractivity (Wildman–Crippen MR) is 53.8 cm³/mol. The molecule has 2 rings (SSSR count). The van der Waals surface area contributed by atoms with E-state index in [4.69, 9.17) is 5.73 Å². The second-order valence-electron chi connectivity index (χ2n) is 3.62. The molecule has 0 radical (unpaired) electrons. The zero-order valence-corrected chi connectivity index (χ0v) is 8.08. The summed E-state index contributed by atoms with van der Waals surface area (Å²) in [5.41, 5.74) is 8.16. The molecule has 1 fully saturated rings. The van der Waals surface area contributed by atoms with Gasteiger partial charge >= 0.3 is 0 Å². The first-order valence-corrected chi connectivity index (χ1v) is 4.66. The SMILES string of the molecule is Cc1nc([C@@H]2CNC(=O)C2)ccc1N. The second kappa shape index (κ2) is 3.29. The summed E-state index contributed by atoms with van der Waals surface area (Å²) in [4.78, 5) is 15.4. The number of amides is 1. The first-order chi connectivity index (χ1) is 6.66. The van der Waals surface area contributed by atoms with Crippen molar-refractivity contribution in [3.05, 3.63) is 23.5 Å². The first kappa shape index (κ1) is 8.99. The maximum absolute atomic E-state index is 11.0. The molecule has 1 atom stereocenters. The molecule has 1 amide bonds. The number of aromatic nitrogens is 1. The molecule has 3 N–H and O–H groups in total. The Morgan fingerprint density at radius 3 is 2.93 bits per heavy atom. The van der Waals surface area contributed by atoms with E-state index in [-0.39, 0.29) is 11.8 Å². The minimum Gasteiger partial charge on any atom is -0.397 e. The summed E-state index contributed by atoms with van der Waals surface area (Å²) in [5.74, 6) is 0.313. The largest absolute Gasteiger partial charge is 0.397 e. The van der Waals surface area contributed by atoms with Crippen LogP contribution >= 0.6 is 0 Å². The van der Waals surface area contributed by atoms with E-state index in [9.17, 15) is 4.79 Å². The number of nitrogens with one attached hydrogen (secondary N) is 1. The lowest BCUT2D eigenvalue weighted by molar-refractivity contribution is -0.119. The Balaban J connectivity index is 2.24. The van der Waals surface area contributed by atoms with Gasteiger partial charge in [-0.1, -0.05) is 0 Å². The quantitative estimate of drug-likeness (QED) is 0.682. The van der Waals surface area contributed by atoms with Crippen molar-refractivity contribution in [3.8, 4) is 0 Å². The third kappa shape index (κ3) is 1.55. The lowest BCUT2D eigenvalue weighted by Crippen LogP contribution is -2.13. The third-order valence-corrected chi connectivity index (χ3v) is 2.54. The van der Waals surface area contributed by atoms with E-state index in [1.54, 1.807) is 0 Å². The molecule has 1 aromatic rings. The van der Waals surface area contributed by atoms with Gasteiger partial charge in [-0.2, -0.15) is 0 Å². The smallest absolute Gasteiger partial charge is 0.220 e. The molecule has 2 heterocycles. The van der Waals surface area contributed by atoms with Crippen molar-refractivity contribution >= 4 is 11.6 Å². The van der Waals surface area contributed by atoms with Crippen molar-refractivity contribution in [1.82, 2.24) is 10.3 Å². The Bertz CT molecular complexity index is 376. The molecule has 0 saturated carbocycles. The van der Waals surface area contributed by atoms with Crippen LogP contribution in [0.5, 0.6) is 0 Å². The molecule has 0 aromatic carbocycles. The molecular formula is C10H13N3O. The Labute approximate surface area is 82.5 Å². The summed E-state index contributed by atoms with van der Waals surface area (Å²) in [7, 11) is 0. The molecular weight excluding hydrogens is 178 g/mol. The summed E-state index contributed by atoms with van der Waals surface area (Å²) in [6.07, 6.45) is 0.538. The standard InChI is InChI=1S/C10H13N3O/c1-6-8(11)2-3-9(13-6)7-4-10(14)12-5-7/h2-3,7H,4-5,11H2,1H3,(H,12,14)/t7-/m0/s1. The van der Waals surface area contributed by atoms with Crippen LogP contribution in [0.2, 0.25) is 0 Å². The number of nitrogens with two attached hydrogens (primary N) is 1. The zero-order chi connectivity index (χ0) is 10.1. The van der Waals surface area contributed by atoms with Gasteiger partial charge in [0.15, 0.2) is 0 Å². The number of carbonyl (C=O) groups excluding carboxylic acids is 1. The van der Waals surface area contributed by atoms with Crippen molar-refractivity contribution in [1.29, 1.82) is 0 Å². The first-order valence-electron chi connectivity index (χ1n) is 4.66. The van der Waals surface area contributed by atoms with E-state index in [1.807, 2.05) is 19.1 Å². The number of aryl methyl sites for hydroxylation is 1. The van der Waals surface area contributed by atoms with E-state index in [0.29, 0.717) is 18.7 Å². The van der Waals surface area contributed by atoms with Gasteiger partial charge in [-0.15, -0.1) is 0 Å². The number of anilines is 1. The number of carbonyl (C=O) groups is 1. The van der Waals surface area contributed by atoms with Gasteiger partial charge in [-0.3, -0.25) is 9.78 Å². The van der Waals surface area contributed by atoms with Gasteiger partial charge in [0.25, 0.3) is 0 Å². The van der Waals surface area contributed by atoms with Crippen LogP contribution in [0.15, 0.2) is 12.1 Å². The fourth-order valence-corrected chi connectivity index (χ4v) is 1.63. The molecule has 0 aliphatic carbocycles. The van der Waals surface area contributed by atoms with Crippen LogP contribution in [-0.4, -0.2) is 17.4 Å². The molecule has 0 spiro atoms. The predicted octanol–water partition coefficient (Wildman–Crippen LogP) is 0.576. The molecule has 1 aromatic heterocycles. The Morgan fingerprint density at radius 1 is 1.57 bits per heavy atom. The number of nitrogen functional groups attached to an aromatic ring is 1. The van der Waals surface area contributed by atoms with Gasteiger partial charge in [0.2, 0.25) is 5.91 Å². The molecule has 4 nitrogen and oxygen atoms in total. The summed E-state index contributed by atoms with van der Waals surface area (Å²) < 4.78 is 0. The highest BCUT2D eigenvalue weighted by atomic mass is 16.1. The van der Waals surface area contributed by atoms with Crippen LogP contribution in [0.3, 0.4) is 0 Å². The zero-order valence-electron chi connectivity index (χ0n) is 8.08. The minimum absolute atomic E-state index is 0.103.